The summed E-state index contributed by atoms with van der Waals surface area (Å²) in [6.45, 7) is 2.18. The summed E-state index contributed by atoms with van der Waals surface area (Å²) in [6, 6.07) is 0. The molecule has 1 aliphatic heterocycles. The number of nitrogens with zero attached hydrogens (tertiary/aromatic N) is 6. The molecule has 0 unspecified atom stereocenters. The molecule has 0 spiro atoms. The summed E-state index contributed by atoms with van der Waals surface area (Å²) in [5, 5.41) is 8.19. The maximum Gasteiger partial charge on any atom is 0.135 e. The highest BCUT2D eigenvalue weighted by atomic mass is 15.2. The highest BCUT2D eigenvalue weighted by Crippen LogP contribution is 2.31. The first-order chi connectivity index (χ1) is 10.8. The molecule has 1 aliphatic carbocycles. The van der Waals surface area contributed by atoms with Gasteiger partial charge in [-0.25, -0.2) is 9.97 Å². The number of fused-ring (bicyclic) bond motifs is 1. The summed E-state index contributed by atoms with van der Waals surface area (Å²) in [7, 11) is 2.02. The lowest BCUT2D eigenvalue weighted by Gasteiger charge is -2.33. The van der Waals surface area contributed by atoms with Gasteiger partial charge in [0.05, 0.1) is 0 Å². The van der Waals surface area contributed by atoms with E-state index in [2.05, 4.69) is 25.1 Å². The molecule has 116 valence electrons. The van der Waals surface area contributed by atoms with E-state index in [1.54, 1.807) is 12.7 Å². The van der Waals surface area contributed by atoms with E-state index >= 15 is 0 Å². The highest BCUT2D eigenvalue weighted by molar-refractivity contribution is 5.50. The van der Waals surface area contributed by atoms with Crippen molar-refractivity contribution in [2.75, 3.05) is 18.0 Å². The predicted molar refractivity (Wildman–Crippen MR) is 83.7 cm³/mol. The van der Waals surface area contributed by atoms with E-state index in [4.69, 9.17) is 0 Å². The van der Waals surface area contributed by atoms with Crippen LogP contribution in [0.5, 0.6) is 0 Å². The Labute approximate surface area is 130 Å². The van der Waals surface area contributed by atoms with E-state index < -0.39 is 0 Å². The molecule has 1 fully saturated rings. The number of rotatable bonds is 3. The minimum Gasteiger partial charge on any atom is -0.356 e. The van der Waals surface area contributed by atoms with Crippen LogP contribution in [0.25, 0.3) is 0 Å². The summed E-state index contributed by atoms with van der Waals surface area (Å²) >= 11 is 0. The zero-order valence-corrected chi connectivity index (χ0v) is 13.1. The van der Waals surface area contributed by atoms with Crippen LogP contribution in [-0.4, -0.2) is 37.8 Å². The van der Waals surface area contributed by atoms with Gasteiger partial charge >= 0.3 is 0 Å². The number of anilines is 1. The first-order valence-corrected chi connectivity index (χ1v) is 8.22. The number of hydrogen-bond acceptors (Lipinski definition) is 5. The van der Waals surface area contributed by atoms with Crippen molar-refractivity contribution < 1.29 is 0 Å². The molecule has 0 saturated carbocycles. The summed E-state index contributed by atoms with van der Waals surface area (Å²) in [5.74, 6) is 3.00. The van der Waals surface area contributed by atoms with Gasteiger partial charge in [-0.05, 0) is 38.0 Å². The van der Waals surface area contributed by atoms with Crippen LogP contribution in [0.3, 0.4) is 0 Å². The van der Waals surface area contributed by atoms with Crippen molar-refractivity contribution >= 4 is 5.82 Å². The molecule has 22 heavy (non-hydrogen) atoms. The van der Waals surface area contributed by atoms with Crippen molar-refractivity contribution in [3.8, 4) is 0 Å². The Hall–Kier alpha value is -1.98. The molecule has 6 heteroatoms. The molecule has 4 rings (SSSR count). The molecule has 0 radical (unpaired) electrons. The number of aryl methyl sites for hydroxylation is 2. The second-order valence-electron chi connectivity index (χ2n) is 6.47. The predicted octanol–water partition coefficient (Wildman–Crippen LogP) is 1.55. The van der Waals surface area contributed by atoms with Crippen LogP contribution < -0.4 is 4.90 Å². The summed E-state index contributed by atoms with van der Waals surface area (Å²) < 4.78 is 2.03. The molecule has 3 heterocycles. The molecule has 0 bridgehead atoms. The third-order valence-corrected chi connectivity index (χ3v) is 5.04. The number of hydrogen-bond donors (Lipinski definition) is 0. The fourth-order valence-electron chi connectivity index (χ4n) is 3.71. The average molecular weight is 298 g/mol. The molecular weight excluding hydrogens is 276 g/mol. The number of piperidine rings is 1. The molecule has 2 aromatic rings. The second-order valence-corrected chi connectivity index (χ2v) is 6.47. The van der Waals surface area contributed by atoms with Gasteiger partial charge in [0.25, 0.3) is 0 Å². The van der Waals surface area contributed by atoms with E-state index in [1.807, 2.05) is 11.6 Å². The van der Waals surface area contributed by atoms with Crippen LogP contribution in [-0.2, 0) is 26.3 Å². The van der Waals surface area contributed by atoms with Crippen molar-refractivity contribution in [1.29, 1.82) is 0 Å². The van der Waals surface area contributed by atoms with Gasteiger partial charge in [0.1, 0.15) is 24.3 Å². The zero-order chi connectivity index (χ0) is 14.9. The normalized spacial score (nSPS) is 18.7. The average Bonchev–Trinajstić information content (AvgIpc) is 3.17. The molecule has 2 aromatic heterocycles. The maximum absolute atomic E-state index is 4.58. The van der Waals surface area contributed by atoms with E-state index in [1.165, 1.54) is 36.3 Å². The van der Waals surface area contributed by atoms with Gasteiger partial charge in [-0.1, -0.05) is 0 Å². The van der Waals surface area contributed by atoms with Crippen LogP contribution in [0, 0.1) is 5.92 Å². The van der Waals surface area contributed by atoms with Crippen molar-refractivity contribution in [1.82, 2.24) is 24.7 Å². The van der Waals surface area contributed by atoms with Crippen molar-refractivity contribution in [2.24, 2.45) is 13.0 Å². The summed E-state index contributed by atoms with van der Waals surface area (Å²) in [4.78, 5) is 11.5. The fraction of sp³-hybridized carbons (Fsp3) is 0.625. The van der Waals surface area contributed by atoms with Gasteiger partial charge in [-0.15, -0.1) is 10.2 Å². The first kappa shape index (κ1) is 13.7. The highest BCUT2D eigenvalue weighted by Gasteiger charge is 2.25. The molecule has 2 aliphatic rings. The molecule has 0 N–H and O–H groups in total. The Morgan fingerprint density at radius 2 is 2.05 bits per heavy atom. The molecule has 0 atom stereocenters. The van der Waals surface area contributed by atoms with Crippen molar-refractivity contribution in [2.45, 2.75) is 38.5 Å². The third kappa shape index (κ3) is 2.46. The molecule has 0 aromatic carbocycles. The molecule has 1 saturated heterocycles. The Kier molecular flexibility index (Phi) is 3.52. The van der Waals surface area contributed by atoms with Gasteiger partial charge in [0.15, 0.2) is 0 Å². The lowest BCUT2D eigenvalue weighted by molar-refractivity contribution is 0.391. The van der Waals surface area contributed by atoms with Crippen LogP contribution in [0.2, 0.25) is 0 Å². The third-order valence-electron chi connectivity index (χ3n) is 5.04. The van der Waals surface area contributed by atoms with Crippen LogP contribution in [0.15, 0.2) is 12.7 Å². The van der Waals surface area contributed by atoms with Gasteiger partial charge in [-0.3, -0.25) is 0 Å². The second kappa shape index (κ2) is 5.66. The topological polar surface area (TPSA) is 59.7 Å². The van der Waals surface area contributed by atoms with Crippen molar-refractivity contribution in [3.63, 3.8) is 0 Å². The minimum absolute atomic E-state index is 0.703. The van der Waals surface area contributed by atoms with E-state index in [-0.39, 0.29) is 0 Å². The maximum atomic E-state index is 4.58. The van der Waals surface area contributed by atoms with Gasteiger partial charge in [0.2, 0.25) is 0 Å². The molecule has 0 amide bonds. The largest absolute Gasteiger partial charge is 0.356 e. The minimum atomic E-state index is 0.703. The standard InChI is InChI=1S/C16H22N6/c1-21-11-19-20-15(21)9-12-5-7-22(8-6-12)16-13-3-2-4-14(13)17-10-18-16/h10-12H,2-9H2,1H3. The number of aromatic nitrogens is 5. The van der Waals surface area contributed by atoms with Gasteiger partial charge < -0.3 is 9.47 Å². The smallest absolute Gasteiger partial charge is 0.135 e. The van der Waals surface area contributed by atoms with Crippen molar-refractivity contribution in [3.05, 3.63) is 29.7 Å². The monoisotopic (exact) mass is 298 g/mol. The van der Waals surface area contributed by atoms with Crippen LogP contribution in [0.1, 0.15) is 36.3 Å². The Morgan fingerprint density at radius 3 is 2.82 bits per heavy atom. The quantitative estimate of drug-likeness (QED) is 0.860. The SMILES string of the molecule is Cn1cnnc1CC1CCN(c2ncnc3c2CCC3)CC1. The Morgan fingerprint density at radius 1 is 1.18 bits per heavy atom. The molecule has 6 nitrogen and oxygen atoms in total. The van der Waals surface area contributed by atoms with E-state index in [0.29, 0.717) is 5.92 Å². The summed E-state index contributed by atoms with van der Waals surface area (Å²) in [6.07, 6.45) is 10.4. The Balaban J connectivity index is 1.42. The Bertz CT molecular complexity index is 656. The van der Waals surface area contributed by atoms with Gasteiger partial charge in [-0.2, -0.15) is 0 Å². The van der Waals surface area contributed by atoms with Crippen LogP contribution >= 0.6 is 0 Å². The van der Waals surface area contributed by atoms with Gasteiger partial charge in [0, 0.05) is 37.8 Å². The first-order valence-electron chi connectivity index (χ1n) is 8.22. The van der Waals surface area contributed by atoms with E-state index in [0.717, 1.165) is 38.2 Å². The lowest BCUT2D eigenvalue weighted by atomic mass is 9.93. The molecular formula is C16H22N6. The fourth-order valence-corrected chi connectivity index (χ4v) is 3.71. The lowest BCUT2D eigenvalue weighted by Crippen LogP contribution is -2.35. The zero-order valence-electron chi connectivity index (χ0n) is 13.1. The summed E-state index contributed by atoms with van der Waals surface area (Å²) in [5.41, 5.74) is 2.67. The van der Waals surface area contributed by atoms with Crippen LogP contribution in [0.4, 0.5) is 5.82 Å². The van der Waals surface area contributed by atoms with E-state index in [9.17, 15) is 0 Å².